The molecule has 5 nitrogen and oxygen atoms in total. The third kappa shape index (κ3) is 3.37. The largest absolute Gasteiger partial charge is 0.493 e. The Labute approximate surface area is 106 Å². The van der Waals surface area contributed by atoms with E-state index in [0.717, 1.165) is 11.1 Å². The number of benzene rings is 1. The number of carbonyl (C=O) groups is 1. The zero-order valence-corrected chi connectivity index (χ0v) is 10.9. The van der Waals surface area contributed by atoms with Crippen molar-refractivity contribution in [2.24, 2.45) is 0 Å². The number of aliphatic carboxylic acids is 1. The first-order valence-electron chi connectivity index (χ1n) is 5.57. The highest BCUT2D eigenvalue weighted by molar-refractivity contribution is 5.67. The molecular weight excluding hydrogens is 236 g/mol. The Balaban J connectivity index is 3.08. The first kappa shape index (κ1) is 14.3. The van der Waals surface area contributed by atoms with Crippen LogP contribution in [-0.4, -0.2) is 32.4 Å². The molecule has 100 valence electrons. The molecule has 1 aromatic rings. The Morgan fingerprint density at radius 2 is 1.67 bits per heavy atom. The monoisotopic (exact) mass is 254 g/mol. The molecule has 0 spiro atoms. The summed E-state index contributed by atoms with van der Waals surface area (Å²) in [4.78, 5) is 10.6. The van der Waals surface area contributed by atoms with E-state index in [2.05, 4.69) is 0 Å². The Hall–Kier alpha value is -1.75. The lowest BCUT2D eigenvalue weighted by atomic mass is 10.0. The van der Waals surface area contributed by atoms with Gasteiger partial charge in [-0.2, -0.15) is 0 Å². The highest BCUT2D eigenvalue weighted by Gasteiger charge is 2.15. The van der Waals surface area contributed by atoms with Gasteiger partial charge in [-0.1, -0.05) is 12.1 Å². The lowest BCUT2D eigenvalue weighted by Gasteiger charge is -2.15. The molecular formula is C13H18O5. The molecule has 0 bridgehead atoms. The van der Waals surface area contributed by atoms with Crippen LogP contribution in [0.3, 0.4) is 0 Å². The quantitative estimate of drug-likeness (QED) is 0.804. The lowest BCUT2D eigenvalue weighted by Crippen LogP contribution is -2.03. The van der Waals surface area contributed by atoms with Crippen LogP contribution in [0.4, 0.5) is 0 Å². The topological polar surface area (TPSA) is 65.0 Å². The lowest BCUT2D eigenvalue weighted by molar-refractivity contribution is -0.136. The second kappa shape index (κ2) is 6.86. The SMILES string of the molecule is COCc1ccc(CCC(=O)O)c(OC)c1OC. The van der Waals surface area contributed by atoms with Crippen molar-refractivity contribution in [2.45, 2.75) is 19.4 Å². The van der Waals surface area contributed by atoms with Crippen molar-refractivity contribution in [3.63, 3.8) is 0 Å². The predicted molar refractivity (Wildman–Crippen MR) is 66.2 cm³/mol. The molecule has 0 atom stereocenters. The van der Waals surface area contributed by atoms with Crippen LogP contribution in [0.1, 0.15) is 17.5 Å². The maximum Gasteiger partial charge on any atom is 0.303 e. The summed E-state index contributed by atoms with van der Waals surface area (Å²) >= 11 is 0. The van der Waals surface area contributed by atoms with Gasteiger partial charge in [-0.25, -0.2) is 0 Å². The molecule has 0 unspecified atom stereocenters. The molecule has 0 heterocycles. The second-order valence-electron chi connectivity index (χ2n) is 3.78. The van der Waals surface area contributed by atoms with Crippen LogP contribution in [-0.2, 0) is 22.6 Å². The third-order valence-electron chi connectivity index (χ3n) is 2.59. The first-order valence-corrected chi connectivity index (χ1v) is 5.57. The molecule has 1 rings (SSSR count). The number of hydrogen-bond acceptors (Lipinski definition) is 4. The molecule has 18 heavy (non-hydrogen) atoms. The maximum atomic E-state index is 10.6. The summed E-state index contributed by atoms with van der Waals surface area (Å²) < 4.78 is 15.7. The van der Waals surface area contributed by atoms with Gasteiger partial charge < -0.3 is 19.3 Å². The van der Waals surface area contributed by atoms with E-state index in [4.69, 9.17) is 19.3 Å². The maximum absolute atomic E-state index is 10.6. The van der Waals surface area contributed by atoms with Crippen molar-refractivity contribution < 1.29 is 24.1 Å². The molecule has 0 aromatic heterocycles. The summed E-state index contributed by atoms with van der Waals surface area (Å²) in [5.41, 5.74) is 1.69. The van der Waals surface area contributed by atoms with Crippen LogP contribution in [0.25, 0.3) is 0 Å². The van der Waals surface area contributed by atoms with Crippen LogP contribution in [0, 0.1) is 0 Å². The molecule has 0 fully saturated rings. The molecule has 1 N–H and O–H groups in total. The normalized spacial score (nSPS) is 10.2. The Morgan fingerprint density at radius 1 is 1.11 bits per heavy atom. The summed E-state index contributed by atoms with van der Waals surface area (Å²) in [6.45, 7) is 0.415. The number of hydrogen-bond donors (Lipinski definition) is 1. The molecule has 0 amide bonds. The van der Waals surface area contributed by atoms with E-state index in [1.165, 1.54) is 0 Å². The minimum absolute atomic E-state index is 0.0587. The highest BCUT2D eigenvalue weighted by Crippen LogP contribution is 2.35. The van der Waals surface area contributed by atoms with Crippen LogP contribution < -0.4 is 9.47 Å². The van der Waals surface area contributed by atoms with E-state index in [1.807, 2.05) is 12.1 Å². The van der Waals surface area contributed by atoms with Gasteiger partial charge in [0.25, 0.3) is 0 Å². The van der Waals surface area contributed by atoms with Gasteiger partial charge in [-0.15, -0.1) is 0 Å². The number of aryl methyl sites for hydroxylation is 1. The van der Waals surface area contributed by atoms with Gasteiger partial charge in [0.1, 0.15) is 0 Å². The van der Waals surface area contributed by atoms with Crippen LogP contribution in [0.2, 0.25) is 0 Å². The van der Waals surface area contributed by atoms with Crippen molar-refractivity contribution in [2.75, 3.05) is 21.3 Å². The Morgan fingerprint density at radius 3 is 2.17 bits per heavy atom. The number of methoxy groups -OCH3 is 3. The Kier molecular flexibility index (Phi) is 5.45. The predicted octanol–water partition coefficient (Wildman–Crippen LogP) is 1.87. The van der Waals surface area contributed by atoms with Gasteiger partial charge in [0.15, 0.2) is 11.5 Å². The molecule has 0 aliphatic carbocycles. The Bertz CT molecular complexity index is 414. The fraction of sp³-hybridized carbons (Fsp3) is 0.462. The van der Waals surface area contributed by atoms with Crippen LogP contribution in [0.5, 0.6) is 11.5 Å². The van der Waals surface area contributed by atoms with Crippen molar-refractivity contribution in [1.82, 2.24) is 0 Å². The van der Waals surface area contributed by atoms with Crippen LogP contribution in [0.15, 0.2) is 12.1 Å². The number of ether oxygens (including phenoxy) is 3. The van der Waals surface area contributed by atoms with Gasteiger partial charge in [0.05, 0.1) is 20.8 Å². The third-order valence-corrected chi connectivity index (χ3v) is 2.59. The van der Waals surface area contributed by atoms with E-state index in [0.29, 0.717) is 24.5 Å². The minimum Gasteiger partial charge on any atom is -0.493 e. The molecule has 0 radical (unpaired) electrons. The van der Waals surface area contributed by atoms with E-state index >= 15 is 0 Å². The highest BCUT2D eigenvalue weighted by atomic mass is 16.5. The zero-order valence-electron chi connectivity index (χ0n) is 10.9. The van der Waals surface area contributed by atoms with Gasteiger partial charge in [0, 0.05) is 19.1 Å². The molecule has 0 saturated heterocycles. The van der Waals surface area contributed by atoms with Crippen molar-refractivity contribution >= 4 is 5.97 Å². The second-order valence-corrected chi connectivity index (χ2v) is 3.78. The van der Waals surface area contributed by atoms with E-state index in [-0.39, 0.29) is 6.42 Å². The van der Waals surface area contributed by atoms with E-state index < -0.39 is 5.97 Å². The zero-order chi connectivity index (χ0) is 13.5. The van der Waals surface area contributed by atoms with Gasteiger partial charge in [-0.05, 0) is 12.0 Å². The fourth-order valence-electron chi connectivity index (χ4n) is 1.80. The standard InChI is InChI=1S/C13H18O5/c1-16-8-10-5-4-9(6-7-11(14)15)12(17-2)13(10)18-3/h4-5H,6-8H2,1-3H3,(H,14,15). The summed E-state index contributed by atoms with van der Waals surface area (Å²) in [6.07, 6.45) is 0.464. The van der Waals surface area contributed by atoms with Gasteiger partial charge in [-0.3, -0.25) is 4.79 Å². The van der Waals surface area contributed by atoms with Crippen molar-refractivity contribution in [3.8, 4) is 11.5 Å². The summed E-state index contributed by atoms with van der Waals surface area (Å²) in [7, 11) is 4.70. The summed E-state index contributed by atoms with van der Waals surface area (Å²) in [5, 5.41) is 8.71. The number of carboxylic acid groups (broad SMARTS) is 1. The molecule has 0 aliphatic rings. The molecule has 0 saturated carbocycles. The minimum atomic E-state index is -0.836. The van der Waals surface area contributed by atoms with E-state index in [9.17, 15) is 4.79 Å². The fourth-order valence-corrected chi connectivity index (χ4v) is 1.80. The summed E-state index contributed by atoms with van der Waals surface area (Å²) in [5.74, 6) is 0.340. The average Bonchev–Trinajstić information content (AvgIpc) is 2.36. The van der Waals surface area contributed by atoms with Gasteiger partial charge in [0.2, 0.25) is 0 Å². The van der Waals surface area contributed by atoms with Crippen molar-refractivity contribution in [3.05, 3.63) is 23.3 Å². The molecule has 0 aliphatic heterocycles. The van der Waals surface area contributed by atoms with E-state index in [1.54, 1.807) is 21.3 Å². The first-order chi connectivity index (χ1) is 8.63. The smallest absolute Gasteiger partial charge is 0.303 e. The van der Waals surface area contributed by atoms with Gasteiger partial charge >= 0.3 is 5.97 Å². The number of carboxylic acids is 1. The molecule has 5 heteroatoms. The summed E-state index contributed by atoms with van der Waals surface area (Å²) in [6, 6.07) is 3.71. The molecule has 1 aromatic carbocycles. The van der Waals surface area contributed by atoms with Crippen molar-refractivity contribution in [1.29, 1.82) is 0 Å². The average molecular weight is 254 g/mol. The van der Waals surface area contributed by atoms with Crippen LogP contribution >= 0.6 is 0 Å². The number of rotatable bonds is 7.